The number of nitrogens with zero attached hydrogens (tertiary/aromatic N) is 1. The second-order valence-electron chi connectivity index (χ2n) is 5.49. The molecule has 0 bridgehead atoms. The SMILES string of the molecule is COc1ccc(COC(=O)C2=C(CCl)CN3C(=O)[C@H](N)[C@@H]3S2)cc1. The molecule has 1 amide bonds. The Morgan fingerprint density at radius 1 is 1.42 bits per heavy atom. The molecule has 0 radical (unpaired) electrons. The van der Waals surface area contributed by atoms with Crippen LogP contribution < -0.4 is 10.5 Å². The molecule has 2 aliphatic rings. The van der Waals surface area contributed by atoms with Crippen LogP contribution in [0.4, 0.5) is 0 Å². The van der Waals surface area contributed by atoms with Crippen molar-refractivity contribution in [3.63, 3.8) is 0 Å². The van der Waals surface area contributed by atoms with E-state index in [9.17, 15) is 9.59 Å². The van der Waals surface area contributed by atoms with E-state index in [-0.39, 0.29) is 23.8 Å². The molecule has 24 heavy (non-hydrogen) atoms. The standard InChI is InChI=1S/C16H17ClN2O4S/c1-22-11-4-2-9(3-5-11)8-23-16(21)13-10(6-17)7-19-14(20)12(18)15(19)24-13/h2-5,12,15H,6-8,18H2,1H3/t12-,15-/m0/s1. The Hall–Kier alpha value is -1.70. The van der Waals surface area contributed by atoms with E-state index in [1.54, 1.807) is 24.1 Å². The van der Waals surface area contributed by atoms with E-state index in [2.05, 4.69) is 0 Å². The Morgan fingerprint density at radius 3 is 2.75 bits per heavy atom. The van der Waals surface area contributed by atoms with Gasteiger partial charge in [-0.15, -0.1) is 11.6 Å². The Labute approximate surface area is 148 Å². The molecule has 0 aromatic heterocycles. The first-order valence-electron chi connectivity index (χ1n) is 7.36. The minimum atomic E-state index is -0.573. The Kier molecular flexibility index (Phi) is 5.03. The van der Waals surface area contributed by atoms with Crippen molar-refractivity contribution in [1.29, 1.82) is 0 Å². The Morgan fingerprint density at radius 2 is 2.12 bits per heavy atom. The lowest BCUT2D eigenvalue weighted by atomic mass is 10.1. The van der Waals surface area contributed by atoms with Crippen molar-refractivity contribution in [2.24, 2.45) is 5.73 Å². The van der Waals surface area contributed by atoms with Crippen molar-refractivity contribution in [1.82, 2.24) is 4.90 Å². The average molecular weight is 369 g/mol. The molecule has 2 aliphatic heterocycles. The zero-order valence-electron chi connectivity index (χ0n) is 13.0. The average Bonchev–Trinajstić information content (AvgIpc) is 2.64. The van der Waals surface area contributed by atoms with E-state index in [4.69, 9.17) is 26.8 Å². The fraction of sp³-hybridized carbons (Fsp3) is 0.375. The first kappa shape index (κ1) is 17.1. The largest absolute Gasteiger partial charge is 0.497 e. The molecule has 128 valence electrons. The summed E-state index contributed by atoms with van der Waals surface area (Å²) in [6.07, 6.45) is 0. The van der Waals surface area contributed by atoms with Crippen molar-refractivity contribution in [3.05, 3.63) is 40.3 Å². The third-order valence-corrected chi connectivity index (χ3v) is 5.78. The summed E-state index contributed by atoms with van der Waals surface area (Å²) < 4.78 is 10.5. The second kappa shape index (κ2) is 7.04. The number of esters is 1. The van der Waals surface area contributed by atoms with Crippen LogP contribution in [0.1, 0.15) is 5.56 Å². The molecular weight excluding hydrogens is 352 g/mol. The molecule has 0 saturated carbocycles. The van der Waals surface area contributed by atoms with Gasteiger partial charge in [-0.1, -0.05) is 23.9 Å². The number of thioether (sulfide) groups is 1. The number of carbonyl (C=O) groups is 2. The molecule has 3 rings (SSSR count). The molecule has 0 unspecified atom stereocenters. The van der Waals surface area contributed by atoms with Crippen molar-refractivity contribution in [2.75, 3.05) is 19.5 Å². The van der Waals surface area contributed by atoms with Gasteiger partial charge in [-0.2, -0.15) is 0 Å². The highest BCUT2D eigenvalue weighted by Gasteiger charge is 2.49. The number of ether oxygens (including phenoxy) is 2. The summed E-state index contributed by atoms with van der Waals surface area (Å²) in [7, 11) is 1.59. The monoisotopic (exact) mass is 368 g/mol. The van der Waals surface area contributed by atoms with E-state index < -0.39 is 12.0 Å². The first-order chi connectivity index (χ1) is 11.5. The minimum absolute atomic E-state index is 0.110. The van der Waals surface area contributed by atoms with Crippen molar-refractivity contribution in [3.8, 4) is 5.75 Å². The Bertz CT molecular complexity index is 692. The van der Waals surface area contributed by atoms with Crippen LogP contribution >= 0.6 is 23.4 Å². The highest BCUT2D eigenvalue weighted by atomic mass is 35.5. The maximum Gasteiger partial charge on any atom is 0.345 e. The van der Waals surface area contributed by atoms with Crippen LogP contribution in [0.15, 0.2) is 34.7 Å². The second-order valence-corrected chi connectivity index (χ2v) is 6.89. The van der Waals surface area contributed by atoms with Crippen LogP contribution in [-0.2, 0) is 20.9 Å². The number of halogens is 1. The van der Waals surface area contributed by atoms with E-state index in [0.29, 0.717) is 17.0 Å². The minimum Gasteiger partial charge on any atom is -0.497 e. The summed E-state index contributed by atoms with van der Waals surface area (Å²) in [4.78, 5) is 26.2. The molecule has 2 heterocycles. The zero-order valence-corrected chi connectivity index (χ0v) is 14.6. The van der Waals surface area contributed by atoms with Crippen LogP contribution in [0.25, 0.3) is 0 Å². The van der Waals surface area contributed by atoms with Crippen molar-refractivity contribution < 1.29 is 19.1 Å². The van der Waals surface area contributed by atoms with Crippen LogP contribution in [0, 0.1) is 0 Å². The van der Waals surface area contributed by atoms with Crippen LogP contribution in [0.2, 0.25) is 0 Å². The van der Waals surface area contributed by atoms with Gasteiger partial charge in [-0.3, -0.25) is 4.79 Å². The summed E-state index contributed by atoms with van der Waals surface area (Å²) >= 11 is 7.18. The lowest BCUT2D eigenvalue weighted by Gasteiger charge is -2.48. The summed E-state index contributed by atoms with van der Waals surface area (Å²) in [5.74, 6) is 0.369. The fourth-order valence-electron chi connectivity index (χ4n) is 2.57. The van der Waals surface area contributed by atoms with E-state index >= 15 is 0 Å². The number of hydrogen-bond acceptors (Lipinski definition) is 6. The van der Waals surface area contributed by atoms with Gasteiger partial charge in [0.2, 0.25) is 5.91 Å². The molecule has 6 nitrogen and oxygen atoms in total. The van der Waals surface area contributed by atoms with Crippen molar-refractivity contribution in [2.45, 2.75) is 18.0 Å². The molecule has 1 aromatic rings. The highest BCUT2D eigenvalue weighted by Crippen LogP contribution is 2.41. The molecule has 0 spiro atoms. The smallest absolute Gasteiger partial charge is 0.345 e. The number of hydrogen-bond donors (Lipinski definition) is 1. The number of β-lactam (4-membered cyclic amide) rings is 1. The molecular formula is C16H17ClN2O4S. The summed E-state index contributed by atoms with van der Waals surface area (Å²) in [6, 6.07) is 6.70. The maximum absolute atomic E-state index is 12.4. The topological polar surface area (TPSA) is 81.9 Å². The number of methoxy groups -OCH3 is 1. The number of rotatable bonds is 5. The molecule has 1 saturated heterocycles. The first-order valence-corrected chi connectivity index (χ1v) is 8.77. The van der Waals surface area contributed by atoms with E-state index in [1.165, 1.54) is 11.8 Å². The molecule has 2 N–H and O–H groups in total. The van der Waals surface area contributed by atoms with Crippen LogP contribution in [-0.4, -0.2) is 47.7 Å². The van der Waals surface area contributed by atoms with Gasteiger partial charge in [-0.05, 0) is 23.3 Å². The van der Waals surface area contributed by atoms with Crippen molar-refractivity contribution >= 4 is 35.2 Å². The molecule has 1 aromatic carbocycles. The normalized spacial score (nSPS) is 22.8. The van der Waals surface area contributed by atoms with Gasteiger partial charge in [0.1, 0.15) is 23.8 Å². The van der Waals surface area contributed by atoms with Gasteiger partial charge in [0.15, 0.2) is 0 Å². The number of benzene rings is 1. The summed E-state index contributed by atoms with van der Waals surface area (Å²) in [6.45, 7) is 0.489. The van der Waals surface area contributed by atoms with E-state index in [1.807, 2.05) is 12.1 Å². The maximum atomic E-state index is 12.4. The summed E-state index contributed by atoms with van der Waals surface area (Å²) in [5, 5.41) is -0.215. The highest BCUT2D eigenvalue weighted by molar-refractivity contribution is 8.04. The third kappa shape index (κ3) is 3.11. The van der Waals surface area contributed by atoms with Gasteiger partial charge in [-0.25, -0.2) is 4.79 Å². The fourth-order valence-corrected chi connectivity index (χ4v) is 4.13. The van der Waals surface area contributed by atoms with Gasteiger partial charge < -0.3 is 20.1 Å². The van der Waals surface area contributed by atoms with Gasteiger partial charge in [0, 0.05) is 12.4 Å². The van der Waals surface area contributed by atoms with Crippen LogP contribution in [0.3, 0.4) is 0 Å². The van der Waals surface area contributed by atoms with Gasteiger partial charge >= 0.3 is 5.97 Å². The molecule has 0 aliphatic carbocycles. The molecule has 1 fully saturated rings. The zero-order chi connectivity index (χ0) is 17.3. The number of fused-ring (bicyclic) bond motifs is 1. The predicted molar refractivity (Wildman–Crippen MR) is 91.6 cm³/mol. The summed E-state index contributed by atoms with van der Waals surface area (Å²) in [5.41, 5.74) is 7.34. The quantitative estimate of drug-likeness (QED) is 0.481. The number of amides is 1. The van der Waals surface area contributed by atoms with Crippen LogP contribution in [0.5, 0.6) is 5.75 Å². The Balaban J connectivity index is 1.66. The number of alkyl halides is 1. The molecule has 2 atom stereocenters. The predicted octanol–water partition coefficient (Wildman–Crippen LogP) is 1.47. The molecule has 8 heteroatoms. The lowest BCUT2D eigenvalue weighted by molar-refractivity contribution is -0.144. The van der Waals surface area contributed by atoms with E-state index in [0.717, 1.165) is 11.3 Å². The lowest BCUT2D eigenvalue weighted by Crippen LogP contribution is -2.68. The van der Waals surface area contributed by atoms with Gasteiger partial charge in [0.25, 0.3) is 0 Å². The third-order valence-electron chi connectivity index (χ3n) is 3.98. The van der Waals surface area contributed by atoms with Gasteiger partial charge in [0.05, 0.1) is 12.0 Å². The number of nitrogens with two attached hydrogens (primary N) is 1. The number of carbonyl (C=O) groups excluding carboxylic acids is 2.